The van der Waals surface area contributed by atoms with Crippen molar-refractivity contribution in [2.45, 2.75) is 12.8 Å². The van der Waals surface area contributed by atoms with Crippen molar-refractivity contribution in [2.75, 3.05) is 32.6 Å². The molecule has 20 heavy (non-hydrogen) atoms. The molecule has 1 aromatic carbocycles. The third-order valence-corrected chi connectivity index (χ3v) is 3.97. The number of thiol groups is 1. The van der Waals surface area contributed by atoms with Gasteiger partial charge in [0.05, 0.1) is 13.7 Å². The highest BCUT2D eigenvalue weighted by atomic mass is 32.1. The van der Waals surface area contributed by atoms with Crippen LogP contribution in [0.15, 0.2) is 24.3 Å². The number of carbonyl (C=O) groups excluding carboxylic acids is 1. The van der Waals surface area contributed by atoms with Crippen LogP contribution >= 0.6 is 12.6 Å². The van der Waals surface area contributed by atoms with Gasteiger partial charge in [-0.1, -0.05) is 12.1 Å². The average molecular weight is 295 g/mol. The van der Waals surface area contributed by atoms with E-state index < -0.39 is 0 Å². The predicted octanol–water partition coefficient (Wildman–Crippen LogP) is 2.24. The number of ether oxygens (including phenoxy) is 2. The van der Waals surface area contributed by atoms with Gasteiger partial charge in [-0.25, -0.2) is 0 Å². The molecular formula is C15H21NO3S. The van der Waals surface area contributed by atoms with Crippen LogP contribution in [0.4, 0.5) is 0 Å². The maximum Gasteiger partial charge on any atom is 0.222 e. The van der Waals surface area contributed by atoms with E-state index in [2.05, 4.69) is 12.6 Å². The van der Waals surface area contributed by atoms with Gasteiger partial charge >= 0.3 is 0 Å². The molecule has 1 atom stereocenters. The summed E-state index contributed by atoms with van der Waals surface area (Å²) in [6.07, 6.45) is 1.46. The molecule has 0 aliphatic carbocycles. The van der Waals surface area contributed by atoms with Crippen molar-refractivity contribution in [3.8, 4) is 11.5 Å². The van der Waals surface area contributed by atoms with E-state index in [4.69, 9.17) is 9.47 Å². The first kappa shape index (κ1) is 15.0. The molecule has 0 spiro atoms. The van der Waals surface area contributed by atoms with Gasteiger partial charge in [0.15, 0.2) is 11.5 Å². The lowest BCUT2D eigenvalue weighted by Gasteiger charge is -2.16. The minimum Gasteiger partial charge on any atom is -0.493 e. The third kappa shape index (κ3) is 3.82. The van der Waals surface area contributed by atoms with E-state index in [0.717, 1.165) is 36.8 Å². The van der Waals surface area contributed by atoms with E-state index in [1.807, 2.05) is 29.2 Å². The Morgan fingerprint density at radius 2 is 2.10 bits per heavy atom. The first-order valence-electron chi connectivity index (χ1n) is 6.89. The number of benzene rings is 1. The van der Waals surface area contributed by atoms with Crippen LogP contribution in [0, 0.1) is 5.92 Å². The van der Waals surface area contributed by atoms with Gasteiger partial charge in [0.1, 0.15) is 0 Å². The van der Waals surface area contributed by atoms with Crippen molar-refractivity contribution in [1.82, 2.24) is 4.90 Å². The zero-order valence-corrected chi connectivity index (χ0v) is 12.6. The van der Waals surface area contributed by atoms with Crippen LogP contribution in [-0.2, 0) is 4.79 Å². The molecule has 1 aromatic rings. The van der Waals surface area contributed by atoms with E-state index in [1.165, 1.54) is 0 Å². The molecule has 1 heterocycles. The zero-order valence-electron chi connectivity index (χ0n) is 11.7. The van der Waals surface area contributed by atoms with E-state index in [1.54, 1.807) is 7.11 Å². The monoisotopic (exact) mass is 295 g/mol. The van der Waals surface area contributed by atoms with Crippen LogP contribution in [0.1, 0.15) is 12.8 Å². The Hall–Kier alpha value is -1.36. The summed E-state index contributed by atoms with van der Waals surface area (Å²) < 4.78 is 10.9. The minimum absolute atomic E-state index is 0.237. The lowest BCUT2D eigenvalue weighted by atomic mass is 10.1. The predicted molar refractivity (Wildman–Crippen MR) is 81.6 cm³/mol. The first-order valence-corrected chi connectivity index (χ1v) is 7.52. The maximum absolute atomic E-state index is 11.7. The van der Waals surface area contributed by atoms with Gasteiger partial charge in [-0.15, -0.1) is 0 Å². The fourth-order valence-electron chi connectivity index (χ4n) is 2.37. The Bertz CT molecular complexity index is 452. The summed E-state index contributed by atoms with van der Waals surface area (Å²) in [4.78, 5) is 13.6. The molecule has 0 bridgehead atoms. The van der Waals surface area contributed by atoms with E-state index in [0.29, 0.717) is 18.9 Å². The van der Waals surface area contributed by atoms with Gasteiger partial charge in [0.2, 0.25) is 5.91 Å². The third-order valence-electron chi connectivity index (χ3n) is 3.45. The van der Waals surface area contributed by atoms with Crippen LogP contribution in [0.3, 0.4) is 0 Å². The highest BCUT2D eigenvalue weighted by Crippen LogP contribution is 2.26. The normalized spacial score (nSPS) is 18.4. The molecule has 5 heteroatoms. The number of para-hydroxylation sites is 2. The molecule has 1 fully saturated rings. The Morgan fingerprint density at radius 1 is 1.35 bits per heavy atom. The van der Waals surface area contributed by atoms with Crippen LogP contribution in [0.25, 0.3) is 0 Å². The minimum atomic E-state index is 0.237. The molecular weight excluding hydrogens is 274 g/mol. The second-order valence-corrected chi connectivity index (χ2v) is 5.31. The van der Waals surface area contributed by atoms with Crippen LogP contribution < -0.4 is 9.47 Å². The molecule has 0 N–H and O–H groups in total. The Kier molecular flexibility index (Phi) is 5.59. The van der Waals surface area contributed by atoms with Crippen molar-refractivity contribution in [1.29, 1.82) is 0 Å². The molecule has 0 saturated carbocycles. The summed E-state index contributed by atoms with van der Waals surface area (Å²) in [5.41, 5.74) is 0. The van der Waals surface area contributed by atoms with Gasteiger partial charge < -0.3 is 14.4 Å². The van der Waals surface area contributed by atoms with Crippen LogP contribution in [-0.4, -0.2) is 43.4 Å². The quantitative estimate of drug-likeness (QED) is 0.619. The number of likely N-dealkylation sites (tertiary alicyclic amines) is 1. The molecule has 1 saturated heterocycles. The van der Waals surface area contributed by atoms with E-state index in [-0.39, 0.29) is 5.91 Å². The van der Waals surface area contributed by atoms with Gasteiger partial charge in [-0.2, -0.15) is 12.6 Å². The summed E-state index contributed by atoms with van der Waals surface area (Å²) in [6, 6.07) is 7.58. The fraction of sp³-hybridized carbons (Fsp3) is 0.533. The van der Waals surface area contributed by atoms with Gasteiger partial charge in [0.25, 0.3) is 0 Å². The Labute approximate surface area is 125 Å². The smallest absolute Gasteiger partial charge is 0.222 e. The average Bonchev–Trinajstić information content (AvgIpc) is 2.84. The molecule has 0 aromatic heterocycles. The summed E-state index contributed by atoms with van der Waals surface area (Å²) in [5.74, 6) is 2.90. The number of amides is 1. The highest BCUT2D eigenvalue weighted by Gasteiger charge is 2.27. The van der Waals surface area contributed by atoms with E-state index in [9.17, 15) is 4.79 Å². The second-order valence-electron chi connectivity index (χ2n) is 4.95. The summed E-state index contributed by atoms with van der Waals surface area (Å²) in [7, 11) is 1.63. The summed E-state index contributed by atoms with van der Waals surface area (Å²) >= 11 is 4.26. The van der Waals surface area contributed by atoms with Crippen molar-refractivity contribution < 1.29 is 14.3 Å². The van der Waals surface area contributed by atoms with Crippen molar-refractivity contribution in [2.24, 2.45) is 5.92 Å². The number of rotatable bonds is 7. The number of hydrogen-bond donors (Lipinski definition) is 1. The fourth-order valence-corrected chi connectivity index (χ4v) is 2.61. The van der Waals surface area contributed by atoms with Gasteiger partial charge in [0, 0.05) is 19.5 Å². The molecule has 2 rings (SSSR count). The Balaban J connectivity index is 1.73. The first-order chi connectivity index (χ1) is 9.74. The molecule has 4 nitrogen and oxygen atoms in total. The molecule has 1 aliphatic heterocycles. The molecule has 1 aliphatic rings. The zero-order chi connectivity index (χ0) is 14.4. The molecule has 110 valence electrons. The molecule has 0 radical (unpaired) electrons. The van der Waals surface area contributed by atoms with Crippen LogP contribution in [0.5, 0.6) is 11.5 Å². The van der Waals surface area contributed by atoms with Crippen LogP contribution in [0.2, 0.25) is 0 Å². The Morgan fingerprint density at radius 3 is 2.75 bits per heavy atom. The number of nitrogens with zero attached hydrogens (tertiary/aromatic N) is 1. The summed E-state index contributed by atoms with van der Waals surface area (Å²) in [5, 5.41) is 0. The lowest BCUT2D eigenvalue weighted by molar-refractivity contribution is -0.127. The SMILES string of the molecule is COc1ccccc1OCCCN1CC(CS)CC1=O. The molecule has 1 amide bonds. The maximum atomic E-state index is 11.7. The van der Waals surface area contributed by atoms with E-state index >= 15 is 0 Å². The number of methoxy groups -OCH3 is 1. The van der Waals surface area contributed by atoms with Crippen molar-refractivity contribution in [3.63, 3.8) is 0 Å². The van der Waals surface area contributed by atoms with Crippen molar-refractivity contribution in [3.05, 3.63) is 24.3 Å². The standard InChI is InChI=1S/C15H21NO3S/c1-18-13-5-2-3-6-14(13)19-8-4-7-16-10-12(11-20)9-15(16)17/h2-3,5-6,12,20H,4,7-11H2,1H3. The van der Waals surface area contributed by atoms with Crippen molar-refractivity contribution >= 4 is 18.5 Å². The number of hydrogen-bond acceptors (Lipinski definition) is 4. The van der Waals surface area contributed by atoms with Gasteiger partial charge in [-0.05, 0) is 30.2 Å². The topological polar surface area (TPSA) is 38.8 Å². The molecule has 1 unspecified atom stereocenters. The highest BCUT2D eigenvalue weighted by molar-refractivity contribution is 7.80. The lowest BCUT2D eigenvalue weighted by Crippen LogP contribution is -2.27. The van der Waals surface area contributed by atoms with Gasteiger partial charge in [-0.3, -0.25) is 4.79 Å². The summed E-state index contributed by atoms with van der Waals surface area (Å²) in [6.45, 7) is 2.16. The largest absolute Gasteiger partial charge is 0.493 e. The number of carbonyl (C=O) groups is 1. The second kappa shape index (κ2) is 7.43.